The van der Waals surface area contributed by atoms with Gasteiger partial charge in [-0.3, -0.25) is 14.6 Å². The first-order valence-electron chi connectivity index (χ1n) is 10.2. The summed E-state index contributed by atoms with van der Waals surface area (Å²) < 4.78 is 0. The van der Waals surface area contributed by atoms with E-state index < -0.39 is 11.8 Å². The van der Waals surface area contributed by atoms with Crippen LogP contribution in [-0.4, -0.2) is 27.8 Å². The normalized spacial score (nSPS) is 14.4. The largest absolute Gasteiger partial charge is 0.398 e. The van der Waals surface area contributed by atoms with Gasteiger partial charge in [-0.2, -0.15) is 0 Å². The highest BCUT2D eigenvalue weighted by Crippen LogP contribution is 2.31. The molecule has 1 aliphatic rings. The zero-order valence-electron chi connectivity index (χ0n) is 16.9. The molecule has 30 heavy (non-hydrogen) atoms. The van der Waals surface area contributed by atoms with Crippen LogP contribution in [0, 0.1) is 6.92 Å². The van der Waals surface area contributed by atoms with Gasteiger partial charge in [0.1, 0.15) is 5.82 Å². The minimum Gasteiger partial charge on any atom is -0.398 e. The molecule has 2 heterocycles. The third-order valence-electron chi connectivity index (χ3n) is 5.61. The first-order valence-corrected chi connectivity index (χ1v) is 10.2. The molecule has 1 aliphatic carbocycles. The quantitative estimate of drug-likeness (QED) is 0.457. The van der Waals surface area contributed by atoms with Crippen molar-refractivity contribution >= 4 is 34.1 Å². The molecule has 1 saturated carbocycles. The second kappa shape index (κ2) is 8.49. The lowest BCUT2D eigenvalue weighted by atomic mass is 9.95. The van der Waals surface area contributed by atoms with E-state index in [1.165, 1.54) is 6.42 Å². The molecule has 2 amide bonds. The van der Waals surface area contributed by atoms with E-state index in [4.69, 9.17) is 5.73 Å². The third-order valence-corrected chi connectivity index (χ3v) is 5.61. The lowest BCUT2D eigenvalue weighted by Gasteiger charge is -2.22. The number of carbonyl (C=O) groups excluding carboxylic acids is 2. The van der Waals surface area contributed by atoms with Crippen molar-refractivity contribution < 1.29 is 9.59 Å². The zero-order valence-corrected chi connectivity index (χ0v) is 16.9. The van der Waals surface area contributed by atoms with Crippen molar-refractivity contribution in [1.29, 1.82) is 0 Å². The van der Waals surface area contributed by atoms with Gasteiger partial charge in [-0.1, -0.05) is 19.3 Å². The summed E-state index contributed by atoms with van der Waals surface area (Å²) in [6.45, 7) is 2.01. The van der Waals surface area contributed by atoms with E-state index in [9.17, 15) is 9.59 Å². The molecular weight excluding hydrogens is 378 g/mol. The van der Waals surface area contributed by atoms with Gasteiger partial charge in [-0.25, -0.2) is 4.98 Å². The molecule has 154 valence electrons. The van der Waals surface area contributed by atoms with E-state index >= 15 is 0 Å². The first-order chi connectivity index (χ1) is 14.5. The molecule has 0 atom stereocenters. The number of pyridine rings is 2. The van der Waals surface area contributed by atoms with Crippen LogP contribution < -0.4 is 16.4 Å². The molecule has 7 nitrogen and oxygen atoms in total. The molecule has 7 heteroatoms. The Balaban J connectivity index is 1.55. The summed E-state index contributed by atoms with van der Waals surface area (Å²) in [5.74, 6) is -1.02. The summed E-state index contributed by atoms with van der Waals surface area (Å²) in [6, 6.07) is 7.62. The second-order valence-corrected chi connectivity index (χ2v) is 7.81. The van der Waals surface area contributed by atoms with Crippen molar-refractivity contribution in [2.75, 3.05) is 11.1 Å². The highest BCUT2D eigenvalue weighted by Gasteiger charge is 2.21. The highest BCUT2D eigenvalue weighted by molar-refractivity contribution is 6.39. The zero-order chi connectivity index (χ0) is 21.1. The highest BCUT2D eigenvalue weighted by atomic mass is 16.2. The Morgan fingerprint density at radius 1 is 1.07 bits per heavy atom. The third kappa shape index (κ3) is 4.25. The maximum absolute atomic E-state index is 12.3. The number of hydrogen-bond donors (Lipinski definition) is 3. The van der Waals surface area contributed by atoms with Crippen LogP contribution in [0.1, 0.15) is 37.7 Å². The number of hydrogen-bond acceptors (Lipinski definition) is 5. The van der Waals surface area contributed by atoms with Crippen molar-refractivity contribution in [3.8, 4) is 11.1 Å². The van der Waals surface area contributed by atoms with Gasteiger partial charge in [-0.05, 0) is 60.5 Å². The van der Waals surface area contributed by atoms with Crippen molar-refractivity contribution in [3.63, 3.8) is 0 Å². The Bertz CT molecular complexity index is 1110. The van der Waals surface area contributed by atoms with E-state index in [-0.39, 0.29) is 6.04 Å². The molecule has 0 unspecified atom stereocenters. The number of aromatic nitrogens is 2. The average Bonchev–Trinajstić information content (AvgIpc) is 2.74. The number of nitrogens with one attached hydrogen (secondary N) is 2. The molecule has 0 bridgehead atoms. The lowest BCUT2D eigenvalue weighted by Crippen LogP contribution is -2.42. The Kier molecular flexibility index (Phi) is 5.61. The van der Waals surface area contributed by atoms with Crippen molar-refractivity contribution in [2.45, 2.75) is 45.1 Å². The minimum absolute atomic E-state index is 0.0756. The Morgan fingerprint density at radius 2 is 1.87 bits per heavy atom. The Hall–Kier alpha value is -3.48. The predicted molar refractivity (Wildman–Crippen MR) is 118 cm³/mol. The van der Waals surface area contributed by atoms with Gasteiger partial charge in [0.25, 0.3) is 0 Å². The van der Waals surface area contributed by atoms with Crippen LogP contribution in [0.4, 0.5) is 11.5 Å². The fourth-order valence-corrected chi connectivity index (χ4v) is 3.95. The fraction of sp³-hybridized carbons (Fsp3) is 0.304. The number of benzene rings is 1. The molecule has 0 spiro atoms. The molecule has 4 rings (SSSR count). The molecule has 1 fully saturated rings. The van der Waals surface area contributed by atoms with Crippen molar-refractivity contribution in [1.82, 2.24) is 15.3 Å². The van der Waals surface area contributed by atoms with Gasteiger partial charge in [0.2, 0.25) is 0 Å². The second-order valence-electron chi connectivity index (χ2n) is 7.81. The van der Waals surface area contributed by atoms with Crippen molar-refractivity contribution in [3.05, 3.63) is 48.4 Å². The van der Waals surface area contributed by atoms with E-state index in [1.807, 2.05) is 25.1 Å². The van der Waals surface area contributed by atoms with E-state index in [2.05, 4.69) is 20.6 Å². The summed E-state index contributed by atoms with van der Waals surface area (Å²) in [4.78, 5) is 33.0. The predicted octanol–water partition coefficient (Wildman–Crippen LogP) is 3.57. The summed E-state index contributed by atoms with van der Waals surface area (Å²) in [5.41, 5.74) is 9.83. The number of rotatable bonds is 3. The van der Waals surface area contributed by atoms with Crippen LogP contribution in [0.15, 0.2) is 42.9 Å². The van der Waals surface area contributed by atoms with E-state index in [0.29, 0.717) is 11.5 Å². The molecule has 4 N–H and O–H groups in total. The number of fused-ring (bicyclic) bond motifs is 1. The van der Waals surface area contributed by atoms with Crippen LogP contribution in [0.2, 0.25) is 0 Å². The number of amides is 2. The van der Waals surface area contributed by atoms with Crippen LogP contribution in [0.5, 0.6) is 0 Å². The number of nitrogens with two attached hydrogens (primary N) is 1. The van der Waals surface area contributed by atoms with E-state index in [0.717, 1.165) is 53.1 Å². The minimum atomic E-state index is -0.709. The summed E-state index contributed by atoms with van der Waals surface area (Å²) >= 11 is 0. The lowest BCUT2D eigenvalue weighted by molar-refractivity contribution is -0.136. The van der Waals surface area contributed by atoms with Gasteiger partial charge < -0.3 is 16.4 Å². The van der Waals surface area contributed by atoms with Crippen LogP contribution in [-0.2, 0) is 9.59 Å². The van der Waals surface area contributed by atoms with Crippen molar-refractivity contribution in [2.24, 2.45) is 0 Å². The monoisotopic (exact) mass is 403 g/mol. The smallest absolute Gasteiger partial charge is 0.314 e. The van der Waals surface area contributed by atoms with Gasteiger partial charge in [0, 0.05) is 41.3 Å². The number of carbonyl (C=O) groups is 2. The van der Waals surface area contributed by atoms with Gasteiger partial charge in [0.15, 0.2) is 0 Å². The van der Waals surface area contributed by atoms with Crippen LogP contribution >= 0.6 is 0 Å². The molecule has 3 aromatic rings. The maximum Gasteiger partial charge on any atom is 0.314 e. The summed E-state index contributed by atoms with van der Waals surface area (Å²) in [6.07, 6.45) is 10.3. The molecule has 2 aromatic heterocycles. The molecule has 0 saturated heterocycles. The number of anilines is 2. The maximum atomic E-state index is 12.3. The Morgan fingerprint density at radius 3 is 2.63 bits per heavy atom. The summed E-state index contributed by atoms with van der Waals surface area (Å²) in [7, 11) is 0. The molecule has 0 radical (unpaired) electrons. The SMILES string of the molecule is Cc1ccncc1-c1cc(N)c2cnc(NC(=O)C(=O)NC3CCCCC3)cc2c1. The van der Waals surface area contributed by atoms with Gasteiger partial charge in [-0.15, -0.1) is 0 Å². The molecule has 0 aliphatic heterocycles. The topological polar surface area (TPSA) is 110 Å². The number of nitrogens with zero attached hydrogens (tertiary/aromatic N) is 2. The number of nitrogen functional groups attached to an aromatic ring is 1. The van der Waals surface area contributed by atoms with Crippen LogP contribution in [0.25, 0.3) is 21.9 Å². The van der Waals surface area contributed by atoms with Gasteiger partial charge >= 0.3 is 11.8 Å². The van der Waals surface area contributed by atoms with E-state index in [1.54, 1.807) is 24.7 Å². The average molecular weight is 403 g/mol. The first kappa shape index (κ1) is 19.8. The fourth-order valence-electron chi connectivity index (χ4n) is 3.95. The summed E-state index contributed by atoms with van der Waals surface area (Å²) in [5, 5.41) is 7.02. The van der Waals surface area contributed by atoms with Gasteiger partial charge in [0.05, 0.1) is 0 Å². The molecule has 1 aromatic carbocycles. The number of aryl methyl sites for hydroxylation is 1. The molecular formula is C23H25N5O2. The van der Waals surface area contributed by atoms with Crippen LogP contribution in [0.3, 0.4) is 0 Å². The Labute approximate surface area is 175 Å². The standard InChI is InChI=1S/C23H25N5O2/c1-14-7-8-25-12-18(14)15-9-16-11-21(26-13-19(16)20(24)10-15)28-23(30)22(29)27-17-5-3-2-4-6-17/h7-13,17H,2-6,24H2,1H3,(H,27,29)(H,26,28,30).